The molecule has 6 nitrogen and oxygen atoms in total. The SMILES string of the molecule is CCN(C)CCNC(=NC)N1CCC(CC(=O)NC)CC1.I. The summed E-state index contributed by atoms with van der Waals surface area (Å²) < 4.78 is 0. The Hall–Kier alpha value is -0.570. The van der Waals surface area contributed by atoms with E-state index in [9.17, 15) is 4.79 Å². The van der Waals surface area contributed by atoms with Gasteiger partial charge in [-0.15, -0.1) is 24.0 Å². The van der Waals surface area contributed by atoms with Crippen molar-refractivity contribution in [2.24, 2.45) is 10.9 Å². The van der Waals surface area contributed by atoms with Crippen LogP contribution in [-0.2, 0) is 4.79 Å². The van der Waals surface area contributed by atoms with Gasteiger partial charge in [0, 0.05) is 46.7 Å². The number of carbonyl (C=O) groups is 1. The third-order valence-electron chi connectivity index (χ3n) is 4.20. The molecule has 0 aromatic heterocycles. The van der Waals surface area contributed by atoms with Gasteiger partial charge in [-0.05, 0) is 32.4 Å². The summed E-state index contributed by atoms with van der Waals surface area (Å²) in [6, 6.07) is 0. The minimum atomic E-state index is 0. The van der Waals surface area contributed by atoms with Gasteiger partial charge >= 0.3 is 0 Å². The van der Waals surface area contributed by atoms with Gasteiger partial charge in [0.2, 0.25) is 5.91 Å². The van der Waals surface area contributed by atoms with Gasteiger partial charge in [-0.25, -0.2) is 0 Å². The summed E-state index contributed by atoms with van der Waals surface area (Å²) in [7, 11) is 5.66. The minimum Gasteiger partial charge on any atom is -0.359 e. The molecule has 0 unspecified atom stereocenters. The number of piperidine rings is 1. The molecule has 1 heterocycles. The van der Waals surface area contributed by atoms with Crippen LogP contribution in [0.3, 0.4) is 0 Å². The van der Waals surface area contributed by atoms with Crippen LogP contribution in [0.2, 0.25) is 0 Å². The van der Waals surface area contributed by atoms with E-state index in [4.69, 9.17) is 0 Å². The summed E-state index contributed by atoms with van der Waals surface area (Å²) in [5, 5.41) is 6.13. The summed E-state index contributed by atoms with van der Waals surface area (Å²) in [6.45, 7) is 7.10. The van der Waals surface area contributed by atoms with Crippen LogP contribution in [0.1, 0.15) is 26.2 Å². The average Bonchev–Trinajstić information content (AvgIpc) is 2.52. The maximum Gasteiger partial charge on any atom is 0.220 e. The normalized spacial score (nSPS) is 16.4. The number of carbonyl (C=O) groups excluding carboxylic acids is 1. The maximum atomic E-state index is 11.4. The second-order valence-electron chi connectivity index (χ2n) is 5.68. The van der Waals surface area contributed by atoms with E-state index >= 15 is 0 Å². The van der Waals surface area contributed by atoms with Crippen molar-refractivity contribution in [1.29, 1.82) is 0 Å². The fourth-order valence-corrected chi connectivity index (χ4v) is 2.56. The van der Waals surface area contributed by atoms with E-state index < -0.39 is 0 Å². The fraction of sp³-hybridized carbons (Fsp3) is 0.867. The number of nitrogens with zero attached hydrogens (tertiary/aromatic N) is 3. The zero-order valence-corrected chi connectivity index (χ0v) is 16.7. The highest BCUT2D eigenvalue weighted by molar-refractivity contribution is 14.0. The van der Waals surface area contributed by atoms with Crippen LogP contribution < -0.4 is 10.6 Å². The molecule has 0 aliphatic carbocycles. The zero-order valence-electron chi connectivity index (χ0n) is 14.4. The summed E-state index contributed by atoms with van der Waals surface area (Å²) >= 11 is 0. The van der Waals surface area contributed by atoms with Gasteiger partial charge < -0.3 is 20.4 Å². The molecule has 1 aliphatic heterocycles. The number of likely N-dealkylation sites (tertiary alicyclic amines) is 1. The predicted molar refractivity (Wildman–Crippen MR) is 103 cm³/mol. The standard InChI is InChI=1S/C15H31N5O.HI/c1-5-19(4)11-8-18-15(17-3)20-9-6-13(7-10-20)12-14(21)16-2;/h13H,5-12H2,1-4H3,(H,16,21)(H,17,18);1H. The second-order valence-corrected chi connectivity index (χ2v) is 5.68. The van der Waals surface area contributed by atoms with Crippen LogP contribution in [0.5, 0.6) is 0 Å². The van der Waals surface area contributed by atoms with Crippen molar-refractivity contribution >= 4 is 35.8 Å². The van der Waals surface area contributed by atoms with Crippen molar-refractivity contribution < 1.29 is 4.79 Å². The van der Waals surface area contributed by atoms with Crippen molar-refractivity contribution in [2.75, 3.05) is 53.9 Å². The number of hydrogen-bond acceptors (Lipinski definition) is 3. The van der Waals surface area contributed by atoms with Gasteiger partial charge in [-0.1, -0.05) is 6.92 Å². The topological polar surface area (TPSA) is 60.0 Å². The average molecular weight is 425 g/mol. The van der Waals surface area contributed by atoms with Crippen molar-refractivity contribution in [2.45, 2.75) is 26.2 Å². The molecule has 1 aliphatic rings. The first kappa shape index (κ1) is 21.4. The Morgan fingerprint density at radius 1 is 1.36 bits per heavy atom. The van der Waals surface area contributed by atoms with E-state index in [1.54, 1.807) is 7.05 Å². The number of rotatable bonds is 6. The Morgan fingerprint density at radius 3 is 2.50 bits per heavy atom. The first-order chi connectivity index (χ1) is 10.1. The van der Waals surface area contributed by atoms with Gasteiger partial charge in [0.15, 0.2) is 5.96 Å². The molecular formula is C15H32IN5O. The molecule has 0 spiro atoms. The molecule has 1 amide bonds. The smallest absolute Gasteiger partial charge is 0.220 e. The molecular weight excluding hydrogens is 393 g/mol. The molecule has 0 radical (unpaired) electrons. The molecule has 0 bridgehead atoms. The van der Waals surface area contributed by atoms with Crippen molar-refractivity contribution in [3.8, 4) is 0 Å². The molecule has 1 fully saturated rings. The van der Waals surface area contributed by atoms with E-state index in [2.05, 4.69) is 39.4 Å². The third-order valence-corrected chi connectivity index (χ3v) is 4.20. The van der Waals surface area contributed by atoms with E-state index in [-0.39, 0.29) is 29.9 Å². The number of amides is 1. The first-order valence-corrected chi connectivity index (χ1v) is 7.95. The van der Waals surface area contributed by atoms with Crippen LogP contribution in [0.15, 0.2) is 4.99 Å². The van der Waals surface area contributed by atoms with Gasteiger partial charge in [-0.3, -0.25) is 9.79 Å². The van der Waals surface area contributed by atoms with Crippen molar-refractivity contribution in [3.63, 3.8) is 0 Å². The lowest BCUT2D eigenvalue weighted by Crippen LogP contribution is -2.47. The Bertz CT molecular complexity index is 343. The van der Waals surface area contributed by atoms with Gasteiger partial charge in [-0.2, -0.15) is 0 Å². The Kier molecular flexibility index (Phi) is 11.6. The lowest BCUT2D eigenvalue weighted by atomic mass is 9.93. The van der Waals surface area contributed by atoms with Crippen molar-refractivity contribution in [3.05, 3.63) is 0 Å². The largest absolute Gasteiger partial charge is 0.359 e. The van der Waals surface area contributed by atoms with Gasteiger partial charge in [0.05, 0.1) is 0 Å². The van der Waals surface area contributed by atoms with E-state index in [0.29, 0.717) is 12.3 Å². The van der Waals surface area contributed by atoms with E-state index in [1.807, 2.05) is 7.05 Å². The van der Waals surface area contributed by atoms with E-state index in [1.165, 1.54) is 0 Å². The summed E-state index contributed by atoms with van der Waals surface area (Å²) in [6.07, 6.45) is 2.77. The highest BCUT2D eigenvalue weighted by atomic mass is 127. The molecule has 130 valence electrons. The number of aliphatic imine (C=N–C) groups is 1. The molecule has 1 saturated heterocycles. The lowest BCUT2D eigenvalue weighted by molar-refractivity contribution is -0.121. The molecule has 0 aromatic rings. The van der Waals surface area contributed by atoms with Crippen LogP contribution in [0.25, 0.3) is 0 Å². The van der Waals surface area contributed by atoms with Crippen LogP contribution in [-0.4, -0.2) is 75.5 Å². The van der Waals surface area contributed by atoms with E-state index in [0.717, 1.165) is 51.5 Å². The monoisotopic (exact) mass is 425 g/mol. The Morgan fingerprint density at radius 2 is 2.00 bits per heavy atom. The molecule has 1 rings (SSSR count). The molecule has 0 aromatic carbocycles. The Balaban J connectivity index is 0.00000441. The van der Waals surface area contributed by atoms with Crippen LogP contribution in [0, 0.1) is 5.92 Å². The molecule has 22 heavy (non-hydrogen) atoms. The number of hydrogen-bond donors (Lipinski definition) is 2. The summed E-state index contributed by atoms with van der Waals surface area (Å²) in [5.74, 6) is 1.64. The maximum absolute atomic E-state index is 11.4. The third kappa shape index (κ3) is 7.62. The van der Waals surface area contributed by atoms with Gasteiger partial charge in [0.1, 0.15) is 0 Å². The number of guanidine groups is 1. The zero-order chi connectivity index (χ0) is 15.7. The van der Waals surface area contributed by atoms with Crippen LogP contribution >= 0.6 is 24.0 Å². The first-order valence-electron chi connectivity index (χ1n) is 7.95. The lowest BCUT2D eigenvalue weighted by Gasteiger charge is -2.34. The molecule has 7 heteroatoms. The fourth-order valence-electron chi connectivity index (χ4n) is 2.56. The number of nitrogens with one attached hydrogen (secondary N) is 2. The highest BCUT2D eigenvalue weighted by Crippen LogP contribution is 2.20. The number of halogens is 1. The molecule has 0 saturated carbocycles. The molecule has 2 N–H and O–H groups in total. The summed E-state index contributed by atoms with van der Waals surface area (Å²) in [4.78, 5) is 20.4. The second kappa shape index (κ2) is 11.9. The quantitative estimate of drug-likeness (QED) is 0.379. The number of likely N-dealkylation sites (N-methyl/N-ethyl adjacent to an activating group) is 1. The predicted octanol–water partition coefficient (Wildman–Crippen LogP) is 0.980. The molecule has 0 atom stereocenters. The Labute approximate surface area is 152 Å². The minimum absolute atomic E-state index is 0. The van der Waals surface area contributed by atoms with Crippen LogP contribution in [0.4, 0.5) is 0 Å². The van der Waals surface area contributed by atoms with Crippen molar-refractivity contribution in [1.82, 2.24) is 20.4 Å². The van der Waals surface area contributed by atoms with Gasteiger partial charge in [0.25, 0.3) is 0 Å². The highest BCUT2D eigenvalue weighted by Gasteiger charge is 2.22. The summed E-state index contributed by atoms with van der Waals surface area (Å²) in [5.41, 5.74) is 0.